The van der Waals surface area contributed by atoms with Gasteiger partial charge in [0.15, 0.2) is 0 Å². The van der Waals surface area contributed by atoms with Crippen molar-refractivity contribution >= 4 is 49.9 Å². The Kier molecular flexibility index (Phi) is 4.85. The lowest BCUT2D eigenvalue weighted by atomic mass is 9.93. The van der Waals surface area contributed by atoms with E-state index in [1.54, 1.807) is 4.88 Å². The van der Waals surface area contributed by atoms with Gasteiger partial charge in [0.25, 0.3) is 0 Å². The molecule has 0 spiro atoms. The van der Waals surface area contributed by atoms with Crippen molar-refractivity contribution in [1.82, 2.24) is 5.32 Å². The van der Waals surface area contributed by atoms with Gasteiger partial charge in [-0.2, -0.15) is 0 Å². The Bertz CT molecular complexity index is 610. The Balaban J connectivity index is 1.78. The van der Waals surface area contributed by atoms with E-state index in [2.05, 4.69) is 81.1 Å². The number of aryl methyl sites for hydroxylation is 1. The first-order valence-electron chi connectivity index (χ1n) is 6.93. The molecule has 0 bridgehead atoms. The average molecular weight is 462 g/mol. The number of benzene rings is 1. The van der Waals surface area contributed by atoms with Crippen LogP contribution in [0.2, 0.25) is 0 Å². The molecule has 1 aliphatic carbocycles. The number of hydrogen-bond donors (Lipinski definition) is 1. The molecule has 1 heterocycles. The highest BCUT2D eigenvalue weighted by atomic mass is 127. The molecule has 4 heteroatoms. The summed E-state index contributed by atoms with van der Waals surface area (Å²) < 4.78 is 2.56. The van der Waals surface area contributed by atoms with Gasteiger partial charge in [0.2, 0.25) is 0 Å². The van der Waals surface area contributed by atoms with E-state index in [0.717, 1.165) is 4.47 Å². The van der Waals surface area contributed by atoms with Crippen LogP contribution in [0.15, 0.2) is 34.8 Å². The summed E-state index contributed by atoms with van der Waals surface area (Å²) in [5.74, 6) is 0. The highest BCUT2D eigenvalue weighted by molar-refractivity contribution is 14.1. The first kappa shape index (κ1) is 15.0. The molecule has 106 valence electrons. The van der Waals surface area contributed by atoms with Gasteiger partial charge in [-0.25, -0.2) is 0 Å². The van der Waals surface area contributed by atoms with Crippen LogP contribution in [0, 0.1) is 2.88 Å². The van der Waals surface area contributed by atoms with Crippen LogP contribution in [0.3, 0.4) is 0 Å². The van der Waals surface area contributed by atoms with E-state index in [4.69, 9.17) is 0 Å². The van der Waals surface area contributed by atoms with Gasteiger partial charge in [0.1, 0.15) is 0 Å². The third-order valence-electron chi connectivity index (χ3n) is 3.88. The second kappa shape index (κ2) is 6.46. The predicted octanol–water partition coefficient (Wildman–Crippen LogP) is 5.84. The summed E-state index contributed by atoms with van der Waals surface area (Å²) in [6.07, 6.45) is 3.80. The molecule has 0 saturated heterocycles. The molecule has 2 atom stereocenters. The van der Waals surface area contributed by atoms with E-state index in [9.17, 15) is 0 Å². The summed E-state index contributed by atoms with van der Waals surface area (Å²) in [5, 5.41) is 3.81. The normalized spacial score (nSPS) is 19.6. The summed E-state index contributed by atoms with van der Waals surface area (Å²) in [6.45, 7) is 2.26. The Hall–Kier alpha value is 0.0900. The van der Waals surface area contributed by atoms with Crippen LogP contribution in [0.4, 0.5) is 0 Å². The van der Waals surface area contributed by atoms with Crippen molar-refractivity contribution in [3.8, 4) is 0 Å². The summed E-state index contributed by atoms with van der Waals surface area (Å²) in [5.41, 5.74) is 2.88. The number of nitrogens with one attached hydrogen (secondary N) is 1. The Morgan fingerprint density at radius 3 is 3.05 bits per heavy atom. The van der Waals surface area contributed by atoms with E-state index in [1.165, 1.54) is 33.3 Å². The highest BCUT2D eigenvalue weighted by Gasteiger charge is 2.24. The number of halogens is 2. The second-order valence-electron chi connectivity index (χ2n) is 5.32. The van der Waals surface area contributed by atoms with Crippen LogP contribution in [-0.4, -0.2) is 0 Å². The zero-order chi connectivity index (χ0) is 14.1. The Labute approximate surface area is 146 Å². The molecule has 0 aliphatic heterocycles. The van der Waals surface area contributed by atoms with Gasteiger partial charge < -0.3 is 5.32 Å². The van der Waals surface area contributed by atoms with Crippen LogP contribution in [0.1, 0.15) is 47.9 Å². The SMILES string of the molecule is CC(NC1CCCc2sc(I)cc21)c1cccc(Br)c1. The molecular formula is C16H17BrINS. The fraction of sp³-hybridized carbons (Fsp3) is 0.375. The van der Waals surface area contributed by atoms with Crippen molar-refractivity contribution in [1.29, 1.82) is 0 Å². The topological polar surface area (TPSA) is 12.0 Å². The molecule has 0 amide bonds. The molecule has 1 aliphatic rings. The van der Waals surface area contributed by atoms with E-state index in [-0.39, 0.29) is 0 Å². The molecule has 20 heavy (non-hydrogen) atoms. The maximum atomic E-state index is 3.81. The maximum Gasteiger partial charge on any atom is 0.0659 e. The zero-order valence-electron chi connectivity index (χ0n) is 11.3. The molecule has 1 aromatic carbocycles. The molecule has 3 rings (SSSR count). The van der Waals surface area contributed by atoms with Crippen molar-refractivity contribution in [3.63, 3.8) is 0 Å². The van der Waals surface area contributed by atoms with Crippen LogP contribution in [0.5, 0.6) is 0 Å². The third kappa shape index (κ3) is 3.29. The monoisotopic (exact) mass is 461 g/mol. The average Bonchev–Trinajstić information content (AvgIpc) is 2.80. The summed E-state index contributed by atoms with van der Waals surface area (Å²) >= 11 is 7.96. The maximum absolute atomic E-state index is 3.81. The van der Waals surface area contributed by atoms with E-state index >= 15 is 0 Å². The molecule has 2 unspecified atom stereocenters. The Morgan fingerprint density at radius 2 is 2.25 bits per heavy atom. The highest BCUT2D eigenvalue weighted by Crippen LogP contribution is 2.37. The molecular weight excluding hydrogens is 445 g/mol. The van der Waals surface area contributed by atoms with Gasteiger partial charge in [-0.3, -0.25) is 0 Å². The van der Waals surface area contributed by atoms with E-state index in [1.807, 2.05) is 11.3 Å². The quantitative estimate of drug-likeness (QED) is 0.566. The van der Waals surface area contributed by atoms with Crippen LogP contribution < -0.4 is 5.32 Å². The summed E-state index contributed by atoms with van der Waals surface area (Å²) in [4.78, 5) is 1.58. The van der Waals surface area contributed by atoms with Crippen LogP contribution in [-0.2, 0) is 6.42 Å². The number of fused-ring (bicyclic) bond motifs is 1. The predicted molar refractivity (Wildman–Crippen MR) is 98.4 cm³/mol. The fourth-order valence-electron chi connectivity index (χ4n) is 2.87. The molecule has 0 radical (unpaired) electrons. The van der Waals surface area contributed by atoms with Crippen molar-refractivity contribution in [2.45, 2.75) is 38.3 Å². The minimum absolute atomic E-state index is 0.376. The smallest absolute Gasteiger partial charge is 0.0659 e. The molecule has 1 aromatic heterocycles. The Morgan fingerprint density at radius 1 is 1.40 bits per heavy atom. The van der Waals surface area contributed by atoms with Crippen molar-refractivity contribution in [3.05, 3.63) is 53.7 Å². The van der Waals surface area contributed by atoms with Crippen LogP contribution >= 0.6 is 49.9 Å². The summed E-state index contributed by atoms with van der Waals surface area (Å²) in [7, 11) is 0. The van der Waals surface area contributed by atoms with Gasteiger partial charge >= 0.3 is 0 Å². The molecule has 0 fully saturated rings. The first-order valence-corrected chi connectivity index (χ1v) is 9.62. The number of thiophene rings is 1. The minimum Gasteiger partial charge on any atom is -0.303 e. The fourth-order valence-corrected chi connectivity index (χ4v) is 5.40. The first-order chi connectivity index (χ1) is 9.63. The number of rotatable bonds is 3. The van der Waals surface area contributed by atoms with Gasteiger partial charge in [-0.1, -0.05) is 28.1 Å². The second-order valence-corrected chi connectivity index (χ2v) is 9.26. The van der Waals surface area contributed by atoms with E-state index < -0.39 is 0 Å². The lowest BCUT2D eigenvalue weighted by Crippen LogP contribution is -2.27. The summed E-state index contributed by atoms with van der Waals surface area (Å²) in [6, 6.07) is 11.8. The third-order valence-corrected chi connectivity index (χ3v) is 6.35. The van der Waals surface area contributed by atoms with Gasteiger partial charge in [0, 0.05) is 21.4 Å². The van der Waals surface area contributed by atoms with Crippen molar-refractivity contribution in [2.24, 2.45) is 0 Å². The van der Waals surface area contributed by atoms with Gasteiger partial charge in [-0.15, -0.1) is 11.3 Å². The largest absolute Gasteiger partial charge is 0.303 e. The van der Waals surface area contributed by atoms with Gasteiger partial charge in [-0.05, 0) is 78.1 Å². The van der Waals surface area contributed by atoms with E-state index in [0.29, 0.717) is 12.1 Å². The molecule has 0 saturated carbocycles. The lowest BCUT2D eigenvalue weighted by molar-refractivity contribution is 0.418. The number of hydrogen-bond acceptors (Lipinski definition) is 2. The standard InChI is InChI=1S/C16H17BrINS/c1-10(11-4-2-5-12(17)8-11)19-14-6-3-7-15-13(14)9-16(18)20-15/h2,4-5,8-10,14,19H,3,6-7H2,1H3. The van der Waals surface area contributed by atoms with Gasteiger partial charge in [0.05, 0.1) is 2.88 Å². The molecule has 1 N–H and O–H groups in total. The minimum atomic E-state index is 0.376. The zero-order valence-corrected chi connectivity index (χ0v) is 15.9. The van der Waals surface area contributed by atoms with Crippen LogP contribution in [0.25, 0.3) is 0 Å². The van der Waals surface area contributed by atoms with Crippen molar-refractivity contribution in [2.75, 3.05) is 0 Å². The molecule has 1 nitrogen and oxygen atoms in total. The van der Waals surface area contributed by atoms with Crippen molar-refractivity contribution < 1.29 is 0 Å². The lowest BCUT2D eigenvalue weighted by Gasteiger charge is -2.27. The molecule has 2 aromatic rings.